The summed E-state index contributed by atoms with van der Waals surface area (Å²) >= 11 is 13.2. The Morgan fingerprint density at radius 2 is 1.95 bits per heavy atom. The van der Waals surface area contributed by atoms with Crippen molar-refractivity contribution in [3.05, 3.63) is 62.9 Å². The van der Waals surface area contributed by atoms with E-state index in [-0.39, 0.29) is 6.54 Å². The summed E-state index contributed by atoms with van der Waals surface area (Å²) in [6, 6.07) is 12.8. The molecule has 0 aliphatic heterocycles. The minimum Gasteiger partial charge on any atom is -0.386 e. The van der Waals surface area contributed by atoms with Gasteiger partial charge in [0.25, 0.3) is 0 Å². The fourth-order valence-electron chi connectivity index (χ4n) is 2.16. The highest BCUT2D eigenvalue weighted by atomic mass is 35.5. The third kappa shape index (κ3) is 2.98. The molecule has 0 aliphatic carbocycles. The number of aliphatic hydroxyl groups excluding tert-OH is 1. The minimum absolute atomic E-state index is 0.259. The first-order chi connectivity index (χ1) is 10.6. The van der Waals surface area contributed by atoms with E-state index in [0.717, 1.165) is 10.2 Å². The van der Waals surface area contributed by atoms with Crippen molar-refractivity contribution in [3.8, 4) is 0 Å². The van der Waals surface area contributed by atoms with Crippen LogP contribution in [-0.2, 0) is 0 Å². The molecule has 3 N–H and O–H groups in total. The molecule has 1 atom stereocenters. The van der Waals surface area contributed by atoms with Gasteiger partial charge in [0, 0.05) is 0 Å². The Bertz CT molecular complexity index is 875. The van der Waals surface area contributed by atoms with E-state index >= 15 is 0 Å². The number of fused-ring (bicyclic) bond motifs is 1. The van der Waals surface area contributed by atoms with Crippen molar-refractivity contribution >= 4 is 44.8 Å². The monoisotopic (exact) mass is 353 g/mol. The Kier molecular flexibility index (Phi) is 4.40. The molecule has 0 fully saturated rings. The van der Waals surface area contributed by atoms with Gasteiger partial charge in [-0.15, -0.1) is 0 Å². The zero-order chi connectivity index (χ0) is 15.7. The molecule has 1 heterocycles. The molecule has 2 aromatic carbocycles. The maximum Gasteiger partial charge on any atom is 0.201 e. The quantitative estimate of drug-likeness (QED) is 0.668. The van der Waals surface area contributed by atoms with Crippen LogP contribution in [0, 0.1) is 5.41 Å². The van der Waals surface area contributed by atoms with E-state index in [0.29, 0.717) is 20.4 Å². The van der Waals surface area contributed by atoms with Gasteiger partial charge in [-0.3, -0.25) is 5.41 Å². The fraction of sp³-hybridized carbons (Fsp3) is 0.133. The van der Waals surface area contributed by atoms with E-state index in [4.69, 9.17) is 28.6 Å². The summed E-state index contributed by atoms with van der Waals surface area (Å²) in [6.45, 7) is 0.259. The van der Waals surface area contributed by atoms with Crippen LogP contribution in [-0.4, -0.2) is 16.3 Å². The number of hydrogen-bond acceptors (Lipinski definition) is 4. The number of aromatic nitrogens is 1. The number of nitrogens with zero attached hydrogens (tertiary/aromatic N) is 1. The average molecular weight is 354 g/mol. The van der Waals surface area contributed by atoms with E-state index in [1.807, 2.05) is 24.3 Å². The molecule has 3 aromatic rings. The van der Waals surface area contributed by atoms with Crippen LogP contribution in [0.1, 0.15) is 11.7 Å². The smallest absolute Gasteiger partial charge is 0.201 e. The minimum atomic E-state index is -0.750. The third-order valence-corrected chi connectivity index (χ3v) is 4.97. The van der Waals surface area contributed by atoms with Gasteiger partial charge >= 0.3 is 0 Å². The molecule has 7 heteroatoms. The highest BCUT2D eigenvalue weighted by Gasteiger charge is 2.11. The number of thiazole rings is 1. The lowest BCUT2D eigenvalue weighted by Crippen LogP contribution is -2.28. The van der Waals surface area contributed by atoms with Gasteiger partial charge in [0.15, 0.2) is 0 Å². The van der Waals surface area contributed by atoms with Crippen LogP contribution in [0.4, 0.5) is 0 Å². The summed E-state index contributed by atoms with van der Waals surface area (Å²) in [4.78, 5) is 0.377. The molecule has 0 bridgehead atoms. The normalized spacial score (nSPS) is 12.5. The van der Waals surface area contributed by atoms with E-state index in [1.54, 1.807) is 22.9 Å². The number of rotatable bonds is 4. The molecular formula is C15H13Cl2N3OS. The molecule has 1 unspecified atom stereocenters. The second kappa shape index (κ2) is 6.30. The summed E-state index contributed by atoms with van der Waals surface area (Å²) in [6.07, 6.45) is -0.750. The van der Waals surface area contributed by atoms with Gasteiger partial charge in [-0.1, -0.05) is 52.7 Å². The van der Waals surface area contributed by atoms with Crippen LogP contribution in [0.2, 0.25) is 10.0 Å². The molecular weight excluding hydrogens is 341 g/mol. The van der Waals surface area contributed by atoms with E-state index < -0.39 is 6.10 Å². The predicted molar refractivity (Wildman–Crippen MR) is 91.3 cm³/mol. The Morgan fingerprint density at radius 3 is 2.73 bits per heavy atom. The molecule has 1 aromatic heterocycles. The molecule has 0 radical (unpaired) electrons. The molecule has 0 spiro atoms. The second-order valence-corrected chi connectivity index (χ2v) is 6.61. The van der Waals surface area contributed by atoms with Gasteiger partial charge in [-0.05, 0) is 29.8 Å². The molecule has 3 rings (SSSR count). The SMILES string of the molecule is N=c1sc2ccccc2n1NCC(O)c1ccc(Cl)c(Cl)c1. The van der Waals surface area contributed by atoms with Crippen LogP contribution in [0.25, 0.3) is 10.2 Å². The third-order valence-electron chi connectivity index (χ3n) is 3.29. The number of halogens is 2. The van der Waals surface area contributed by atoms with Crippen molar-refractivity contribution in [2.24, 2.45) is 0 Å². The van der Waals surface area contributed by atoms with Crippen molar-refractivity contribution in [2.45, 2.75) is 6.10 Å². The van der Waals surface area contributed by atoms with Crippen LogP contribution >= 0.6 is 34.5 Å². The molecule has 4 nitrogen and oxygen atoms in total. The molecule has 0 aliphatic rings. The van der Waals surface area contributed by atoms with Crippen LogP contribution in [0.5, 0.6) is 0 Å². The molecule has 0 saturated carbocycles. The number of nitrogens with one attached hydrogen (secondary N) is 2. The number of aliphatic hydroxyl groups is 1. The summed E-state index contributed by atoms with van der Waals surface area (Å²) in [5, 5.41) is 19.1. The lowest BCUT2D eigenvalue weighted by atomic mass is 10.1. The van der Waals surface area contributed by atoms with Gasteiger partial charge in [0.2, 0.25) is 4.80 Å². The van der Waals surface area contributed by atoms with Gasteiger partial charge < -0.3 is 10.5 Å². The lowest BCUT2D eigenvalue weighted by molar-refractivity contribution is 0.188. The van der Waals surface area contributed by atoms with Crippen molar-refractivity contribution in [3.63, 3.8) is 0 Å². The first-order valence-corrected chi connectivity index (χ1v) is 8.15. The van der Waals surface area contributed by atoms with E-state index in [2.05, 4.69) is 5.43 Å². The van der Waals surface area contributed by atoms with Crippen molar-refractivity contribution in [1.82, 2.24) is 4.68 Å². The van der Waals surface area contributed by atoms with Gasteiger partial charge in [0.1, 0.15) is 0 Å². The fourth-order valence-corrected chi connectivity index (χ4v) is 3.34. The lowest BCUT2D eigenvalue weighted by Gasteiger charge is -2.15. The van der Waals surface area contributed by atoms with E-state index in [9.17, 15) is 5.11 Å². The summed E-state index contributed by atoms with van der Waals surface area (Å²) in [5.41, 5.74) is 4.67. The van der Waals surface area contributed by atoms with Crippen LogP contribution < -0.4 is 10.2 Å². The van der Waals surface area contributed by atoms with Gasteiger partial charge in [-0.25, -0.2) is 4.68 Å². The van der Waals surface area contributed by atoms with Gasteiger partial charge in [-0.2, -0.15) is 0 Å². The summed E-state index contributed by atoms with van der Waals surface area (Å²) < 4.78 is 2.69. The number of para-hydroxylation sites is 1. The first kappa shape index (κ1) is 15.4. The van der Waals surface area contributed by atoms with Crippen LogP contribution in [0.15, 0.2) is 42.5 Å². The zero-order valence-electron chi connectivity index (χ0n) is 11.4. The molecule has 0 saturated heterocycles. The first-order valence-electron chi connectivity index (χ1n) is 6.58. The van der Waals surface area contributed by atoms with E-state index in [1.165, 1.54) is 11.3 Å². The second-order valence-electron chi connectivity index (χ2n) is 4.76. The van der Waals surface area contributed by atoms with Gasteiger partial charge in [0.05, 0.1) is 32.9 Å². The van der Waals surface area contributed by atoms with Crippen molar-refractivity contribution in [1.29, 1.82) is 5.41 Å². The number of hydrogen-bond donors (Lipinski definition) is 3. The topological polar surface area (TPSA) is 61.0 Å². The van der Waals surface area contributed by atoms with Crippen molar-refractivity contribution in [2.75, 3.05) is 12.0 Å². The Balaban J connectivity index is 1.80. The molecule has 22 heavy (non-hydrogen) atoms. The molecule has 114 valence electrons. The standard InChI is InChI=1S/C15H13Cl2N3OS/c16-10-6-5-9(7-11(10)17)13(21)8-19-20-12-3-1-2-4-14(12)22-15(20)18/h1-7,13,18-19,21H,8H2. The highest BCUT2D eigenvalue weighted by Crippen LogP contribution is 2.25. The highest BCUT2D eigenvalue weighted by molar-refractivity contribution is 7.16. The Hall–Kier alpha value is -1.53. The van der Waals surface area contributed by atoms with Crippen molar-refractivity contribution < 1.29 is 5.11 Å². The summed E-state index contributed by atoms with van der Waals surface area (Å²) in [5.74, 6) is 0. The predicted octanol–water partition coefficient (Wildman–Crippen LogP) is 3.77. The van der Waals surface area contributed by atoms with Crippen LogP contribution in [0.3, 0.4) is 0 Å². The maximum atomic E-state index is 10.3. The zero-order valence-corrected chi connectivity index (χ0v) is 13.7. The molecule has 0 amide bonds. The largest absolute Gasteiger partial charge is 0.386 e. The summed E-state index contributed by atoms with van der Waals surface area (Å²) in [7, 11) is 0. The average Bonchev–Trinajstić information content (AvgIpc) is 2.83. The number of benzene rings is 2. The Morgan fingerprint density at radius 1 is 1.18 bits per heavy atom. The Labute approximate surface area is 141 Å². The maximum absolute atomic E-state index is 10.3.